The van der Waals surface area contributed by atoms with Gasteiger partial charge in [-0.05, 0) is 36.6 Å². The van der Waals surface area contributed by atoms with Crippen molar-refractivity contribution in [2.24, 2.45) is 5.92 Å². The van der Waals surface area contributed by atoms with Crippen molar-refractivity contribution in [1.82, 2.24) is 20.0 Å². The largest absolute Gasteiger partial charge is 0.343 e. The molecule has 1 N–H and O–H groups in total. The first-order chi connectivity index (χ1) is 13.4. The van der Waals surface area contributed by atoms with Gasteiger partial charge in [-0.15, -0.1) is 0 Å². The number of carbonyl (C=O) groups excluding carboxylic acids is 2. The zero-order valence-electron chi connectivity index (χ0n) is 16.6. The van der Waals surface area contributed by atoms with E-state index < -0.39 is 0 Å². The van der Waals surface area contributed by atoms with Gasteiger partial charge in [-0.25, -0.2) is 4.79 Å². The number of nitrogens with one attached hydrogen (secondary N) is 1. The fraction of sp³-hybridized carbons (Fsp3) is 0.600. The van der Waals surface area contributed by atoms with Crippen LogP contribution in [-0.4, -0.2) is 71.8 Å². The van der Waals surface area contributed by atoms with Crippen molar-refractivity contribution in [1.29, 1.82) is 0 Å². The molecule has 0 spiro atoms. The molecule has 152 valence electrons. The van der Waals surface area contributed by atoms with Gasteiger partial charge in [0.2, 0.25) is 0 Å². The van der Waals surface area contributed by atoms with Crippen LogP contribution in [0.2, 0.25) is 0 Å². The molecule has 8 heteroatoms. The number of carbonyl (C=O) groups is 2. The quantitative estimate of drug-likeness (QED) is 0.764. The van der Waals surface area contributed by atoms with Gasteiger partial charge >= 0.3 is 6.03 Å². The topological polar surface area (TPSA) is 59.1 Å². The van der Waals surface area contributed by atoms with E-state index in [-0.39, 0.29) is 30.4 Å². The molecule has 3 amide bonds. The number of likely N-dealkylation sites (N-methyl/N-ethyl adjacent to an activating group) is 1. The second-order valence-electron chi connectivity index (χ2n) is 8.10. The monoisotopic (exact) mass is 449 g/mol. The molecule has 1 aromatic rings. The van der Waals surface area contributed by atoms with Crippen molar-refractivity contribution in [3.63, 3.8) is 0 Å². The Balaban J connectivity index is 1.65. The molecule has 0 aromatic heterocycles. The summed E-state index contributed by atoms with van der Waals surface area (Å²) < 4.78 is 1.04. The first-order valence-corrected chi connectivity index (χ1v) is 10.8. The number of fused-ring (bicyclic) bond motifs is 3. The van der Waals surface area contributed by atoms with Crippen LogP contribution in [0.3, 0.4) is 0 Å². The maximum absolute atomic E-state index is 13.3. The second kappa shape index (κ2) is 7.65. The van der Waals surface area contributed by atoms with E-state index in [1.54, 1.807) is 11.9 Å². The van der Waals surface area contributed by atoms with Gasteiger partial charge in [-0.2, -0.15) is 0 Å². The number of amides is 3. The molecule has 0 saturated carbocycles. The van der Waals surface area contributed by atoms with E-state index in [1.807, 2.05) is 12.1 Å². The Bertz CT molecular complexity index is 757. The number of nitrogens with zero attached hydrogens (tertiary/aromatic N) is 4. The Kier molecular flexibility index (Phi) is 5.37. The summed E-state index contributed by atoms with van der Waals surface area (Å²) >= 11 is 3.50. The van der Waals surface area contributed by atoms with Gasteiger partial charge in [-0.3, -0.25) is 19.9 Å². The van der Waals surface area contributed by atoms with E-state index in [9.17, 15) is 9.59 Å². The summed E-state index contributed by atoms with van der Waals surface area (Å²) in [5.41, 5.74) is 1.11. The zero-order valence-corrected chi connectivity index (χ0v) is 18.2. The number of benzene rings is 1. The van der Waals surface area contributed by atoms with Crippen LogP contribution < -0.4 is 10.2 Å². The molecule has 28 heavy (non-hydrogen) atoms. The summed E-state index contributed by atoms with van der Waals surface area (Å²) in [6.07, 6.45) is 1.39. The van der Waals surface area contributed by atoms with Gasteiger partial charge in [-0.1, -0.05) is 36.2 Å². The van der Waals surface area contributed by atoms with Crippen LogP contribution in [0.25, 0.3) is 0 Å². The first kappa shape index (κ1) is 19.7. The fourth-order valence-electron chi connectivity index (χ4n) is 4.57. The third-order valence-corrected chi connectivity index (χ3v) is 6.51. The predicted molar refractivity (Wildman–Crippen MR) is 112 cm³/mol. The molecule has 4 atom stereocenters. The summed E-state index contributed by atoms with van der Waals surface area (Å²) in [7, 11) is 1.80. The Morgan fingerprint density at radius 2 is 1.89 bits per heavy atom. The number of anilines is 1. The first-order valence-electron chi connectivity index (χ1n) is 10.0. The van der Waals surface area contributed by atoms with Crippen LogP contribution in [0, 0.1) is 5.92 Å². The minimum Gasteiger partial charge on any atom is -0.343 e. The van der Waals surface area contributed by atoms with E-state index in [4.69, 9.17) is 0 Å². The number of hydrogen-bond acceptors (Lipinski definition) is 5. The van der Waals surface area contributed by atoms with E-state index >= 15 is 0 Å². The zero-order chi connectivity index (χ0) is 20.0. The Labute approximate surface area is 174 Å². The lowest BCUT2D eigenvalue weighted by molar-refractivity contribution is -0.138. The second-order valence-corrected chi connectivity index (χ2v) is 9.01. The Morgan fingerprint density at radius 1 is 1.18 bits per heavy atom. The molecule has 3 fully saturated rings. The smallest absolute Gasteiger partial charge is 0.327 e. The van der Waals surface area contributed by atoms with Crippen molar-refractivity contribution in [3.8, 4) is 0 Å². The summed E-state index contributed by atoms with van der Waals surface area (Å²) in [4.78, 5) is 33.8. The highest BCUT2D eigenvalue weighted by Crippen LogP contribution is 2.34. The van der Waals surface area contributed by atoms with Gasteiger partial charge in [0.05, 0.1) is 0 Å². The Morgan fingerprint density at radius 3 is 2.57 bits per heavy atom. The molecule has 1 aromatic carbocycles. The van der Waals surface area contributed by atoms with Crippen LogP contribution in [0.1, 0.15) is 26.7 Å². The van der Waals surface area contributed by atoms with E-state index in [0.29, 0.717) is 12.5 Å². The predicted octanol–water partition coefficient (Wildman–Crippen LogP) is 2.48. The van der Waals surface area contributed by atoms with Crippen LogP contribution >= 0.6 is 15.9 Å². The molecule has 0 bridgehead atoms. The molecule has 3 aliphatic heterocycles. The fourth-order valence-corrected chi connectivity index (χ4v) is 4.84. The average molecular weight is 450 g/mol. The van der Waals surface area contributed by atoms with Crippen LogP contribution in [0.4, 0.5) is 10.5 Å². The minimum atomic E-state index is -0.342. The van der Waals surface area contributed by atoms with Crippen LogP contribution in [0.15, 0.2) is 28.7 Å². The number of urea groups is 1. The van der Waals surface area contributed by atoms with Gasteiger partial charge in [0.25, 0.3) is 5.91 Å². The highest BCUT2D eigenvalue weighted by atomic mass is 79.9. The summed E-state index contributed by atoms with van der Waals surface area (Å²) in [6.45, 7) is 6.52. The molecule has 3 saturated heterocycles. The highest BCUT2D eigenvalue weighted by Gasteiger charge is 2.56. The molecule has 0 radical (unpaired) electrons. The maximum atomic E-state index is 13.3. The number of halogens is 1. The lowest BCUT2D eigenvalue weighted by Gasteiger charge is -2.46. The molecule has 4 unspecified atom stereocenters. The van der Waals surface area contributed by atoms with Crippen molar-refractivity contribution >= 4 is 33.6 Å². The molecular formula is C20H28BrN5O2. The van der Waals surface area contributed by atoms with Gasteiger partial charge < -0.3 is 9.80 Å². The third kappa shape index (κ3) is 3.21. The highest BCUT2D eigenvalue weighted by molar-refractivity contribution is 9.10. The summed E-state index contributed by atoms with van der Waals surface area (Å²) in [5, 5.41) is 3.56. The van der Waals surface area contributed by atoms with Gasteiger partial charge in [0.15, 0.2) is 0 Å². The van der Waals surface area contributed by atoms with Crippen molar-refractivity contribution in [2.75, 3.05) is 31.6 Å². The van der Waals surface area contributed by atoms with Gasteiger partial charge in [0, 0.05) is 36.8 Å². The number of rotatable bonds is 4. The number of unbranched alkanes of at least 4 members (excludes halogenated alkanes) is 1. The van der Waals surface area contributed by atoms with E-state index in [1.165, 1.54) is 4.90 Å². The summed E-state index contributed by atoms with van der Waals surface area (Å²) in [6, 6.07) is 7.71. The molecule has 7 nitrogen and oxygen atoms in total. The lowest BCUT2D eigenvalue weighted by atomic mass is 10.0. The molecule has 4 rings (SSSR count). The SMILES string of the molecule is CCCCN1C(=O)C2C(NC3N(c4ccc(Br)cc4)CC(C)CN23)N(C)C1=O. The molecular weight excluding hydrogens is 422 g/mol. The van der Waals surface area contributed by atoms with Gasteiger partial charge in [0.1, 0.15) is 18.5 Å². The number of imide groups is 1. The molecule has 3 heterocycles. The molecule has 0 aliphatic carbocycles. The normalized spacial score (nSPS) is 30.6. The minimum absolute atomic E-state index is 0.0681. The Hall–Kier alpha value is -1.64. The third-order valence-electron chi connectivity index (χ3n) is 5.98. The average Bonchev–Trinajstić information content (AvgIpc) is 3.06. The lowest BCUT2D eigenvalue weighted by Crippen LogP contribution is -2.66. The van der Waals surface area contributed by atoms with Crippen molar-refractivity contribution < 1.29 is 9.59 Å². The van der Waals surface area contributed by atoms with E-state index in [2.05, 4.69) is 57.0 Å². The van der Waals surface area contributed by atoms with Crippen molar-refractivity contribution in [2.45, 2.75) is 45.2 Å². The summed E-state index contributed by atoms with van der Waals surface area (Å²) in [5.74, 6) is 0.349. The number of hydrogen-bond donors (Lipinski definition) is 1. The van der Waals surface area contributed by atoms with Crippen LogP contribution in [-0.2, 0) is 4.79 Å². The van der Waals surface area contributed by atoms with Crippen molar-refractivity contribution in [3.05, 3.63) is 28.7 Å². The standard InChI is InChI=1S/C20H28BrN5O2/c1-4-5-10-24-18(27)16-17(23(3)20(24)28)22-19-25(11-13(2)12-26(16)19)15-8-6-14(21)7-9-15/h6-9,13,16-17,19,22H,4-5,10-12H2,1-3H3. The maximum Gasteiger partial charge on any atom is 0.327 e. The van der Waals surface area contributed by atoms with Crippen LogP contribution in [0.5, 0.6) is 0 Å². The van der Waals surface area contributed by atoms with E-state index in [0.717, 1.165) is 36.1 Å². The molecule has 3 aliphatic rings.